The summed E-state index contributed by atoms with van der Waals surface area (Å²) in [7, 11) is 0. The molecule has 3 heteroatoms. The van der Waals surface area contributed by atoms with Gasteiger partial charge in [0, 0.05) is 31.8 Å². The number of ether oxygens (including phenoxy) is 1. The molecule has 2 atom stereocenters. The van der Waals surface area contributed by atoms with Crippen LogP contribution >= 0.6 is 0 Å². The van der Waals surface area contributed by atoms with Gasteiger partial charge in [-0.3, -0.25) is 4.90 Å². The van der Waals surface area contributed by atoms with Gasteiger partial charge in [-0.1, -0.05) is 6.42 Å². The first-order valence-electron chi connectivity index (χ1n) is 7.20. The molecule has 0 aliphatic carbocycles. The molecule has 3 nitrogen and oxygen atoms in total. The van der Waals surface area contributed by atoms with Gasteiger partial charge in [-0.15, -0.1) is 0 Å². The van der Waals surface area contributed by atoms with E-state index >= 15 is 0 Å². The Morgan fingerprint density at radius 2 is 1.76 bits per heavy atom. The molecule has 100 valence electrons. The minimum absolute atomic E-state index is 0.318. The standard InChI is InChI=1S/C14H28N2O/c1-12-4-3-5-13(2)16(12)11-14(10-15)6-8-17-9-7-14/h12-13H,3-11,15H2,1-2H3/t12-,13+. The highest BCUT2D eigenvalue weighted by molar-refractivity contribution is 4.90. The molecule has 0 aromatic carbocycles. The number of hydrogen-bond acceptors (Lipinski definition) is 3. The first-order valence-corrected chi connectivity index (χ1v) is 7.20. The molecule has 2 aliphatic heterocycles. The van der Waals surface area contributed by atoms with Crippen molar-refractivity contribution in [2.24, 2.45) is 11.1 Å². The Bertz CT molecular complexity index is 228. The summed E-state index contributed by atoms with van der Waals surface area (Å²) in [6.07, 6.45) is 6.36. The lowest BCUT2D eigenvalue weighted by molar-refractivity contribution is -0.0234. The summed E-state index contributed by atoms with van der Waals surface area (Å²) in [6.45, 7) is 8.53. The van der Waals surface area contributed by atoms with Crippen molar-refractivity contribution in [1.82, 2.24) is 4.90 Å². The topological polar surface area (TPSA) is 38.5 Å². The molecule has 2 heterocycles. The molecule has 2 saturated heterocycles. The zero-order valence-electron chi connectivity index (χ0n) is 11.5. The van der Waals surface area contributed by atoms with E-state index in [2.05, 4.69) is 18.7 Å². The summed E-state index contributed by atoms with van der Waals surface area (Å²) in [5.41, 5.74) is 6.38. The van der Waals surface area contributed by atoms with Crippen molar-refractivity contribution in [3.63, 3.8) is 0 Å². The van der Waals surface area contributed by atoms with Crippen molar-refractivity contribution in [2.45, 2.75) is 58.0 Å². The van der Waals surface area contributed by atoms with E-state index in [0.29, 0.717) is 5.41 Å². The Kier molecular flexibility index (Phi) is 4.45. The Morgan fingerprint density at radius 3 is 2.29 bits per heavy atom. The summed E-state index contributed by atoms with van der Waals surface area (Å²) >= 11 is 0. The predicted molar refractivity (Wildman–Crippen MR) is 71.0 cm³/mol. The highest BCUT2D eigenvalue weighted by atomic mass is 16.5. The zero-order chi connectivity index (χ0) is 12.3. The highest BCUT2D eigenvalue weighted by Crippen LogP contribution is 2.34. The number of nitrogens with two attached hydrogens (primary N) is 1. The van der Waals surface area contributed by atoms with Gasteiger partial charge in [0.15, 0.2) is 0 Å². The van der Waals surface area contributed by atoms with Crippen LogP contribution in [-0.4, -0.2) is 43.3 Å². The fourth-order valence-corrected chi connectivity index (χ4v) is 3.40. The Hall–Kier alpha value is -0.120. The van der Waals surface area contributed by atoms with Crippen LogP contribution in [0.3, 0.4) is 0 Å². The van der Waals surface area contributed by atoms with Gasteiger partial charge >= 0.3 is 0 Å². The van der Waals surface area contributed by atoms with E-state index in [1.807, 2.05) is 0 Å². The molecule has 0 amide bonds. The summed E-state index contributed by atoms with van der Waals surface area (Å²) in [5, 5.41) is 0. The van der Waals surface area contributed by atoms with Gasteiger partial charge < -0.3 is 10.5 Å². The predicted octanol–water partition coefficient (Wildman–Crippen LogP) is 2.00. The molecule has 0 saturated carbocycles. The average molecular weight is 240 g/mol. The number of piperidine rings is 1. The first kappa shape index (κ1) is 13.3. The lowest BCUT2D eigenvalue weighted by atomic mass is 9.78. The van der Waals surface area contributed by atoms with Gasteiger partial charge in [-0.2, -0.15) is 0 Å². The van der Waals surface area contributed by atoms with E-state index in [1.165, 1.54) is 25.8 Å². The second-order valence-corrected chi connectivity index (χ2v) is 6.12. The molecule has 0 radical (unpaired) electrons. The maximum atomic E-state index is 6.06. The van der Waals surface area contributed by atoms with Crippen molar-refractivity contribution < 1.29 is 4.74 Å². The van der Waals surface area contributed by atoms with E-state index in [4.69, 9.17) is 10.5 Å². The molecule has 0 bridgehead atoms. The van der Waals surface area contributed by atoms with Crippen molar-refractivity contribution in [2.75, 3.05) is 26.3 Å². The quantitative estimate of drug-likeness (QED) is 0.820. The van der Waals surface area contributed by atoms with Crippen LogP contribution in [0.4, 0.5) is 0 Å². The Morgan fingerprint density at radius 1 is 1.18 bits per heavy atom. The van der Waals surface area contributed by atoms with Gasteiger partial charge in [-0.05, 0) is 51.5 Å². The Balaban J connectivity index is 2.00. The van der Waals surface area contributed by atoms with Crippen LogP contribution in [0.1, 0.15) is 46.0 Å². The first-order chi connectivity index (χ1) is 8.17. The molecular weight excluding hydrogens is 212 g/mol. The van der Waals surface area contributed by atoms with Gasteiger partial charge in [-0.25, -0.2) is 0 Å². The number of hydrogen-bond donors (Lipinski definition) is 1. The van der Waals surface area contributed by atoms with E-state index in [9.17, 15) is 0 Å². The molecule has 17 heavy (non-hydrogen) atoms. The average Bonchev–Trinajstić information content (AvgIpc) is 2.35. The molecule has 0 unspecified atom stereocenters. The van der Waals surface area contributed by atoms with E-state index in [0.717, 1.165) is 44.7 Å². The van der Waals surface area contributed by atoms with Gasteiger partial charge in [0.2, 0.25) is 0 Å². The smallest absolute Gasteiger partial charge is 0.0472 e. The molecule has 2 N–H and O–H groups in total. The second kappa shape index (κ2) is 5.68. The van der Waals surface area contributed by atoms with Gasteiger partial charge in [0.05, 0.1) is 0 Å². The monoisotopic (exact) mass is 240 g/mol. The Labute approximate surface area is 106 Å². The summed E-state index contributed by atoms with van der Waals surface area (Å²) in [5.74, 6) is 0. The molecule has 0 aromatic heterocycles. The largest absolute Gasteiger partial charge is 0.381 e. The lowest BCUT2D eigenvalue weighted by Crippen LogP contribution is -2.52. The normalized spacial score (nSPS) is 34.8. The van der Waals surface area contributed by atoms with Crippen LogP contribution in [0.25, 0.3) is 0 Å². The molecular formula is C14H28N2O. The van der Waals surface area contributed by atoms with Gasteiger partial charge in [0.25, 0.3) is 0 Å². The minimum Gasteiger partial charge on any atom is -0.381 e. The second-order valence-electron chi connectivity index (χ2n) is 6.12. The van der Waals surface area contributed by atoms with Crippen molar-refractivity contribution in [3.05, 3.63) is 0 Å². The maximum Gasteiger partial charge on any atom is 0.0472 e. The van der Waals surface area contributed by atoms with Gasteiger partial charge in [0.1, 0.15) is 0 Å². The highest BCUT2D eigenvalue weighted by Gasteiger charge is 2.36. The fraction of sp³-hybridized carbons (Fsp3) is 1.00. The summed E-state index contributed by atoms with van der Waals surface area (Å²) in [6, 6.07) is 1.45. The third-order valence-electron chi connectivity index (χ3n) is 4.88. The van der Waals surface area contributed by atoms with E-state index in [-0.39, 0.29) is 0 Å². The molecule has 2 rings (SSSR count). The number of nitrogens with zero attached hydrogens (tertiary/aromatic N) is 1. The maximum absolute atomic E-state index is 6.06. The van der Waals surface area contributed by atoms with Crippen molar-refractivity contribution in [1.29, 1.82) is 0 Å². The van der Waals surface area contributed by atoms with Crippen LogP contribution in [0.2, 0.25) is 0 Å². The van der Waals surface area contributed by atoms with Crippen LogP contribution in [0.15, 0.2) is 0 Å². The third-order valence-corrected chi connectivity index (χ3v) is 4.88. The van der Waals surface area contributed by atoms with Crippen molar-refractivity contribution >= 4 is 0 Å². The molecule has 2 fully saturated rings. The van der Waals surface area contributed by atoms with E-state index < -0.39 is 0 Å². The third kappa shape index (κ3) is 3.01. The molecule has 2 aliphatic rings. The van der Waals surface area contributed by atoms with Crippen LogP contribution in [-0.2, 0) is 4.74 Å². The fourth-order valence-electron chi connectivity index (χ4n) is 3.40. The summed E-state index contributed by atoms with van der Waals surface area (Å²) < 4.78 is 5.50. The zero-order valence-corrected chi connectivity index (χ0v) is 11.5. The van der Waals surface area contributed by atoms with Crippen LogP contribution < -0.4 is 5.73 Å². The minimum atomic E-state index is 0.318. The van der Waals surface area contributed by atoms with Crippen molar-refractivity contribution in [3.8, 4) is 0 Å². The van der Waals surface area contributed by atoms with Crippen LogP contribution in [0.5, 0.6) is 0 Å². The lowest BCUT2D eigenvalue weighted by Gasteiger charge is -2.46. The molecule has 0 spiro atoms. The number of likely N-dealkylation sites (tertiary alicyclic amines) is 1. The van der Waals surface area contributed by atoms with Crippen LogP contribution in [0, 0.1) is 5.41 Å². The molecule has 0 aromatic rings. The summed E-state index contributed by atoms with van der Waals surface area (Å²) in [4.78, 5) is 2.70. The number of rotatable bonds is 3. The van der Waals surface area contributed by atoms with E-state index in [1.54, 1.807) is 0 Å². The SMILES string of the molecule is C[C@@H]1CCC[C@H](C)N1CC1(CN)CCOCC1.